The van der Waals surface area contributed by atoms with Gasteiger partial charge in [0.1, 0.15) is 11.9 Å². The summed E-state index contributed by atoms with van der Waals surface area (Å²) in [4.78, 5) is 31.3. The third kappa shape index (κ3) is 5.70. The van der Waals surface area contributed by atoms with Crippen LogP contribution in [-0.2, 0) is 31.9 Å². The zero-order chi connectivity index (χ0) is 27.4. The second-order valence-corrected chi connectivity index (χ2v) is 10.4. The summed E-state index contributed by atoms with van der Waals surface area (Å²) < 4.78 is 33.1. The molecule has 2 aromatic heterocycles. The largest absolute Gasteiger partial charge is 0.494 e. The quantitative estimate of drug-likeness (QED) is 0.338. The van der Waals surface area contributed by atoms with Gasteiger partial charge in [-0.05, 0) is 18.6 Å². The Bertz CT molecular complexity index is 1490. The minimum atomic E-state index is -3.90. The lowest BCUT2D eigenvalue weighted by molar-refractivity contribution is -0.123. The number of nitrogens with zero attached hydrogens (tertiary/aromatic N) is 4. The standard InChI is InChI=1S/C25H25N5O7S/c1-2-37-25(34)19-10-17(11-26)23(27-20(19)14-30-21(31)8-9-22(30)32)29-12-18(13-29)24(33)28-38(35,36)15-16-6-4-3-5-7-16/h3-10,18,31-32H,2,12-15H2,1H3,(H,28,33). The maximum Gasteiger partial charge on any atom is 0.340 e. The zero-order valence-corrected chi connectivity index (χ0v) is 21.2. The van der Waals surface area contributed by atoms with Crippen LogP contribution in [0.5, 0.6) is 11.8 Å². The van der Waals surface area contributed by atoms with Gasteiger partial charge < -0.3 is 19.8 Å². The summed E-state index contributed by atoms with van der Waals surface area (Å²) in [5.41, 5.74) is 0.701. The van der Waals surface area contributed by atoms with Crippen LogP contribution in [0.15, 0.2) is 48.5 Å². The fraction of sp³-hybridized carbons (Fsp3) is 0.280. The van der Waals surface area contributed by atoms with Crippen LogP contribution in [0.25, 0.3) is 0 Å². The lowest BCUT2D eigenvalue weighted by Gasteiger charge is -2.39. The highest BCUT2D eigenvalue weighted by molar-refractivity contribution is 7.89. The number of anilines is 1. The fourth-order valence-corrected chi connectivity index (χ4v) is 5.19. The van der Waals surface area contributed by atoms with Gasteiger partial charge in [-0.3, -0.25) is 14.1 Å². The number of nitriles is 1. The van der Waals surface area contributed by atoms with Gasteiger partial charge in [0.05, 0.1) is 41.6 Å². The van der Waals surface area contributed by atoms with Crippen LogP contribution in [0.2, 0.25) is 0 Å². The Labute approximate surface area is 218 Å². The summed E-state index contributed by atoms with van der Waals surface area (Å²) in [5.74, 6) is -2.74. The van der Waals surface area contributed by atoms with E-state index >= 15 is 0 Å². The number of hydrogen-bond acceptors (Lipinski definition) is 10. The molecule has 1 aliphatic rings. The number of aromatic nitrogens is 2. The number of carbonyl (C=O) groups excluding carboxylic acids is 2. The molecule has 0 unspecified atom stereocenters. The Balaban J connectivity index is 1.53. The van der Waals surface area contributed by atoms with Gasteiger partial charge in [-0.25, -0.2) is 18.2 Å². The van der Waals surface area contributed by atoms with E-state index in [9.17, 15) is 33.5 Å². The summed E-state index contributed by atoms with van der Waals surface area (Å²) in [6, 6.07) is 14.3. The van der Waals surface area contributed by atoms with Gasteiger partial charge in [-0.1, -0.05) is 30.3 Å². The number of aromatic hydroxyl groups is 2. The second-order valence-electron chi connectivity index (χ2n) is 8.63. The Morgan fingerprint density at radius 1 is 1.16 bits per heavy atom. The Kier molecular flexibility index (Phi) is 7.54. The lowest BCUT2D eigenvalue weighted by atomic mass is 9.98. The highest BCUT2D eigenvalue weighted by Crippen LogP contribution is 2.30. The molecule has 4 rings (SSSR count). The number of carbonyl (C=O) groups is 2. The molecule has 0 atom stereocenters. The van der Waals surface area contributed by atoms with Crippen molar-refractivity contribution in [2.75, 3.05) is 24.6 Å². The van der Waals surface area contributed by atoms with Crippen molar-refractivity contribution in [2.45, 2.75) is 19.2 Å². The van der Waals surface area contributed by atoms with E-state index in [1.807, 2.05) is 6.07 Å². The van der Waals surface area contributed by atoms with E-state index in [1.165, 1.54) is 18.2 Å². The van der Waals surface area contributed by atoms with Crippen molar-refractivity contribution in [2.24, 2.45) is 5.92 Å². The third-order valence-corrected chi connectivity index (χ3v) is 7.17. The van der Waals surface area contributed by atoms with Crippen LogP contribution >= 0.6 is 0 Å². The topological polar surface area (TPSA) is 175 Å². The van der Waals surface area contributed by atoms with Crippen LogP contribution in [0.3, 0.4) is 0 Å². The Morgan fingerprint density at radius 3 is 2.42 bits per heavy atom. The van der Waals surface area contributed by atoms with Crippen molar-refractivity contribution in [3.05, 3.63) is 70.9 Å². The molecule has 38 heavy (non-hydrogen) atoms. The normalized spacial score (nSPS) is 13.4. The average molecular weight is 540 g/mol. The molecular weight excluding hydrogens is 514 g/mol. The van der Waals surface area contributed by atoms with Crippen molar-refractivity contribution in [3.8, 4) is 17.8 Å². The van der Waals surface area contributed by atoms with Gasteiger partial charge in [0.25, 0.3) is 0 Å². The molecule has 1 amide bonds. The van der Waals surface area contributed by atoms with Gasteiger partial charge in [0.2, 0.25) is 15.9 Å². The number of esters is 1. The van der Waals surface area contributed by atoms with E-state index in [4.69, 9.17) is 4.74 Å². The molecule has 1 saturated heterocycles. The monoisotopic (exact) mass is 539 g/mol. The number of rotatable bonds is 9. The summed E-state index contributed by atoms with van der Waals surface area (Å²) in [6.07, 6.45) is 0. The molecule has 0 aliphatic carbocycles. The Hall–Kier alpha value is -4.57. The number of pyridine rings is 1. The molecule has 3 heterocycles. The summed E-state index contributed by atoms with van der Waals surface area (Å²) in [5, 5.41) is 29.8. The van der Waals surface area contributed by atoms with E-state index in [0.717, 1.165) is 4.57 Å². The Morgan fingerprint density at radius 2 is 1.82 bits per heavy atom. The van der Waals surface area contributed by atoms with Crippen molar-refractivity contribution in [1.29, 1.82) is 5.26 Å². The summed E-state index contributed by atoms with van der Waals surface area (Å²) in [6.45, 7) is 1.68. The number of ether oxygens (including phenoxy) is 1. The van der Waals surface area contributed by atoms with Crippen LogP contribution in [0.4, 0.5) is 5.82 Å². The van der Waals surface area contributed by atoms with Crippen LogP contribution in [-0.4, -0.2) is 59.8 Å². The van der Waals surface area contributed by atoms with Gasteiger partial charge in [0.15, 0.2) is 11.8 Å². The van der Waals surface area contributed by atoms with Crippen LogP contribution in [0.1, 0.15) is 34.1 Å². The predicted octanol–water partition coefficient (Wildman–Crippen LogP) is 1.47. The first kappa shape index (κ1) is 26.5. The first-order chi connectivity index (χ1) is 18.1. The van der Waals surface area contributed by atoms with E-state index in [1.54, 1.807) is 42.2 Å². The molecule has 0 saturated carbocycles. The molecule has 1 aromatic carbocycles. The van der Waals surface area contributed by atoms with E-state index in [2.05, 4.69) is 9.71 Å². The van der Waals surface area contributed by atoms with E-state index < -0.39 is 27.8 Å². The molecule has 0 spiro atoms. The van der Waals surface area contributed by atoms with Gasteiger partial charge in [0, 0.05) is 25.2 Å². The number of amides is 1. The minimum absolute atomic E-state index is 0.0125. The number of sulfonamides is 1. The fourth-order valence-electron chi connectivity index (χ4n) is 4.01. The predicted molar refractivity (Wildman–Crippen MR) is 135 cm³/mol. The minimum Gasteiger partial charge on any atom is -0.494 e. The van der Waals surface area contributed by atoms with Crippen LogP contribution < -0.4 is 9.62 Å². The number of hydrogen-bond donors (Lipinski definition) is 3. The molecule has 3 N–H and O–H groups in total. The van der Waals surface area contributed by atoms with Crippen molar-refractivity contribution in [3.63, 3.8) is 0 Å². The van der Waals surface area contributed by atoms with Crippen molar-refractivity contribution < 1.29 is 33.0 Å². The summed E-state index contributed by atoms with van der Waals surface area (Å²) >= 11 is 0. The number of nitrogens with one attached hydrogen (secondary N) is 1. The molecule has 3 aromatic rings. The summed E-state index contributed by atoms with van der Waals surface area (Å²) in [7, 11) is -3.90. The molecule has 0 bridgehead atoms. The lowest BCUT2D eigenvalue weighted by Crippen LogP contribution is -2.55. The van der Waals surface area contributed by atoms with Crippen LogP contribution in [0, 0.1) is 17.2 Å². The van der Waals surface area contributed by atoms with Gasteiger partial charge >= 0.3 is 5.97 Å². The molecule has 1 fully saturated rings. The second kappa shape index (κ2) is 10.8. The molecule has 198 valence electrons. The maximum atomic E-state index is 12.6. The zero-order valence-electron chi connectivity index (χ0n) is 20.4. The highest BCUT2D eigenvalue weighted by Gasteiger charge is 2.37. The van der Waals surface area contributed by atoms with Crippen molar-refractivity contribution in [1.82, 2.24) is 14.3 Å². The average Bonchev–Trinajstić information content (AvgIpc) is 3.15. The molecular formula is C25H25N5O7S. The third-order valence-electron chi connectivity index (χ3n) is 5.95. The molecule has 13 heteroatoms. The molecule has 12 nitrogen and oxygen atoms in total. The van der Waals surface area contributed by atoms with Gasteiger partial charge in [-0.2, -0.15) is 5.26 Å². The smallest absolute Gasteiger partial charge is 0.340 e. The molecule has 0 radical (unpaired) electrons. The van der Waals surface area contributed by atoms with Crippen molar-refractivity contribution >= 4 is 27.7 Å². The van der Waals surface area contributed by atoms with E-state index in [0.29, 0.717) is 5.56 Å². The molecule has 1 aliphatic heterocycles. The van der Waals surface area contributed by atoms with Gasteiger partial charge in [-0.15, -0.1) is 0 Å². The van der Waals surface area contributed by atoms with E-state index in [-0.39, 0.29) is 66.4 Å². The highest BCUT2D eigenvalue weighted by atomic mass is 32.2. The first-order valence-electron chi connectivity index (χ1n) is 11.6. The first-order valence-corrected chi connectivity index (χ1v) is 13.3. The SMILES string of the molecule is CCOC(=O)c1cc(C#N)c(N2CC(C(=O)NS(=O)(=O)Cc3ccccc3)C2)nc1Cn1c(O)ccc1O. The maximum absolute atomic E-state index is 12.6. The number of benzene rings is 1.